The highest BCUT2D eigenvalue weighted by atomic mass is 16.5. The van der Waals surface area contributed by atoms with Gasteiger partial charge in [-0.3, -0.25) is 9.80 Å². The molecule has 53 heavy (non-hydrogen) atoms. The van der Waals surface area contributed by atoms with E-state index in [-0.39, 0.29) is 0 Å². The topological polar surface area (TPSA) is 83.2 Å². The number of aromatic nitrogens is 2. The molecule has 0 amide bonds. The van der Waals surface area contributed by atoms with Crippen LogP contribution in [0, 0.1) is 0 Å². The Hall–Kier alpha value is -4.86. The summed E-state index contributed by atoms with van der Waals surface area (Å²) in [6, 6.07) is 26.5. The molecular weight excluding hydrogens is 663 g/mol. The van der Waals surface area contributed by atoms with Crippen molar-refractivity contribution in [3.05, 3.63) is 113 Å². The SMILES string of the molecule is COC(=O)c1ccc(N2CCC(N3CCN(Cc4ccc(C5CC5)c(OC)c4)C[C@H]3c3ccccc3C(C)C)CC2)cc1Oc1cnc2[nH]ccc2c1. The fraction of sp³-hybridized carbons (Fsp3) is 0.409. The standard InChI is InChI=1S/C44H51N5O4/c1-29(2)36-7-5-6-8-38(36)40-28-47(27-30-9-13-37(31-10-11-31)41(23-30)51-3)21-22-49(40)33-16-19-48(20-17-33)34-12-14-39(44(50)52-4)42(25-34)53-35-24-32-15-18-45-43(32)46-26-35/h5-9,12-15,18,23-26,29,31,33,40H,10-11,16-17,19-22,27-28H2,1-4H3,(H,45,46)/t40-/m0/s1. The van der Waals surface area contributed by atoms with E-state index in [1.54, 1.807) is 13.3 Å². The Labute approximate surface area is 312 Å². The maximum Gasteiger partial charge on any atom is 0.341 e. The van der Waals surface area contributed by atoms with Crippen LogP contribution >= 0.6 is 0 Å². The van der Waals surface area contributed by atoms with Gasteiger partial charge in [0.1, 0.15) is 28.5 Å². The number of nitrogens with one attached hydrogen (secondary N) is 1. The van der Waals surface area contributed by atoms with Crippen LogP contribution in [0.3, 0.4) is 0 Å². The number of anilines is 1. The number of piperazine rings is 1. The molecule has 2 saturated heterocycles. The Kier molecular flexibility index (Phi) is 10.1. The fourth-order valence-electron chi connectivity index (χ4n) is 8.52. The van der Waals surface area contributed by atoms with Crippen molar-refractivity contribution < 1.29 is 19.0 Å². The molecule has 9 nitrogen and oxygen atoms in total. The molecule has 0 bridgehead atoms. The summed E-state index contributed by atoms with van der Waals surface area (Å²) in [6.07, 6.45) is 8.19. The van der Waals surface area contributed by atoms with Crippen molar-refractivity contribution in [2.75, 3.05) is 51.8 Å². The number of methoxy groups -OCH3 is 2. The zero-order valence-corrected chi connectivity index (χ0v) is 31.4. The number of carbonyl (C=O) groups is 1. The Morgan fingerprint density at radius 2 is 1.72 bits per heavy atom. The molecule has 3 aliphatic rings. The average Bonchev–Trinajstić information content (AvgIpc) is 3.93. The second kappa shape index (κ2) is 15.2. The van der Waals surface area contributed by atoms with Gasteiger partial charge in [-0.05, 0) is 90.1 Å². The number of pyridine rings is 1. The molecule has 1 saturated carbocycles. The number of rotatable bonds is 11. The number of aromatic amines is 1. The van der Waals surface area contributed by atoms with Crippen molar-refractivity contribution in [1.29, 1.82) is 0 Å². The van der Waals surface area contributed by atoms with E-state index >= 15 is 0 Å². The molecule has 5 aromatic rings. The smallest absolute Gasteiger partial charge is 0.341 e. The lowest BCUT2D eigenvalue weighted by molar-refractivity contribution is 0.0271. The molecule has 276 valence electrons. The van der Waals surface area contributed by atoms with E-state index in [1.165, 1.54) is 42.2 Å². The summed E-state index contributed by atoms with van der Waals surface area (Å²) in [4.78, 5) is 28.2. The third-order valence-electron chi connectivity index (χ3n) is 11.5. The molecular formula is C44H51N5O4. The second-order valence-corrected chi connectivity index (χ2v) is 15.2. The lowest BCUT2D eigenvalue weighted by atomic mass is 9.88. The normalized spacial score (nSPS) is 18.8. The van der Waals surface area contributed by atoms with Crippen LogP contribution in [-0.4, -0.2) is 78.7 Å². The summed E-state index contributed by atoms with van der Waals surface area (Å²) in [5.41, 5.74) is 7.82. The fourth-order valence-corrected chi connectivity index (χ4v) is 8.52. The molecule has 0 radical (unpaired) electrons. The minimum Gasteiger partial charge on any atom is -0.496 e. The van der Waals surface area contributed by atoms with Gasteiger partial charge in [0.2, 0.25) is 0 Å². The third-order valence-corrected chi connectivity index (χ3v) is 11.5. The highest BCUT2D eigenvalue weighted by Crippen LogP contribution is 2.45. The lowest BCUT2D eigenvalue weighted by Gasteiger charge is -2.48. The maximum atomic E-state index is 12.8. The minimum absolute atomic E-state index is 0.317. The first-order chi connectivity index (χ1) is 25.9. The van der Waals surface area contributed by atoms with Gasteiger partial charge < -0.3 is 24.1 Å². The summed E-state index contributed by atoms with van der Waals surface area (Å²) >= 11 is 0. The molecule has 0 unspecified atom stereocenters. The van der Waals surface area contributed by atoms with E-state index in [4.69, 9.17) is 14.2 Å². The molecule has 0 spiro atoms. The van der Waals surface area contributed by atoms with E-state index < -0.39 is 5.97 Å². The maximum absolute atomic E-state index is 12.8. The zero-order valence-electron chi connectivity index (χ0n) is 31.4. The number of nitrogens with zero attached hydrogens (tertiary/aromatic N) is 4. The van der Waals surface area contributed by atoms with Crippen molar-refractivity contribution in [2.24, 2.45) is 0 Å². The van der Waals surface area contributed by atoms with Crippen molar-refractivity contribution in [3.8, 4) is 17.2 Å². The van der Waals surface area contributed by atoms with Gasteiger partial charge in [-0.25, -0.2) is 9.78 Å². The minimum atomic E-state index is -0.429. The van der Waals surface area contributed by atoms with Gasteiger partial charge in [0.15, 0.2) is 0 Å². The second-order valence-electron chi connectivity index (χ2n) is 15.2. The highest BCUT2D eigenvalue weighted by Gasteiger charge is 2.36. The average molecular weight is 714 g/mol. The van der Waals surface area contributed by atoms with Crippen LogP contribution in [0.25, 0.3) is 11.0 Å². The van der Waals surface area contributed by atoms with Crippen LogP contribution < -0.4 is 14.4 Å². The summed E-state index contributed by atoms with van der Waals surface area (Å²) in [5, 5.41) is 0.943. The number of ether oxygens (including phenoxy) is 3. The van der Waals surface area contributed by atoms with E-state index in [0.717, 1.165) is 74.6 Å². The Balaban J connectivity index is 0.996. The number of hydrogen-bond donors (Lipinski definition) is 1. The van der Waals surface area contributed by atoms with Gasteiger partial charge in [-0.1, -0.05) is 50.2 Å². The van der Waals surface area contributed by atoms with Crippen LogP contribution in [0.4, 0.5) is 5.69 Å². The Bertz CT molecular complexity index is 2060. The first-order valence-electron chi connectivity index (χ1n) is 19.2. The molecule has 2 aromatic heterocycles. The van der Waals surface area contributed by atoms with E-state index in [9.17, 15) is 4.79 Å². The van der Waals surface area contributed by atoms with Crippen molar-refractivity contribution >= 4 is 22.7 Å². The van der Waals surface area contributed by atoms with Crippen molar-refractivity contribution in [3.63, 3.8) is 0 Å². The van der Waals surface area contributed by atoms with Crippen molar-refractivity contribution in [1.82, 2.24) is 19.8 Å². The van der Waals surface area contributed by atoms with E-state index in [2.05, 4.69) is 81.0 Å². The molecule has 3 fully saturated rings. The third kappa shape index (κ3) is 7.50. The van der Waals surface area contributed by atoms with Gasteiger partial charge in [0, 0.05) is 74.7 Å². The first kappa shape index (κ1) is 35.2. The molecule has 3 aromatic carbocycles. The van der Waals surface area contributed by atoms with Gasteiger partial charge in [-0.15, -0.1) is 0 Å². The van der Waals surface area contributed by atoms with Gasteiger partial charge in [0.05, 0.1) is 20.4 Å². The number of esters is 1. The number of H-pyrrole nitrogens is 1. The number of carbonyl (C=O) groups excluding carboxylic acids is 1. The van der Waals surface area contributed by atoms with E-state index in [0.29, 0.717) is 41.0 Å². The van der Waals surface area contributed by atoms with Crippen LogP contribution in [0.15, 0.2) is 85.2 Å². The quantitative estimate of drug-likeness (QED) is 0.136. The number of piperidine rings is 1. The van der Waals surface area contributed by atoms with Gasteiger partial charge in [-0.2, -0.15) is 0 Å². The molecule has 2 aliphatic heterocycles. The molecule has 1 N–H and O–H groups in total. The monoisotopic (exact) mass is 713 g/mol. The first-order valence-corrected chi connectivity index (χ1v) is 19.2. The van der Waals surface area contributed by atoms with Crippen LogP contribution in [0.1, 0.15) is 90.0 Å². The van der Waals surface area contributed by atoms with Gasteiger partial charge >= 0.3 is 5.97 Å². The lowest BCUT2D eigenvalue weighted by Crippen LogP contribution is -2.54. The summed E-state index contributed by atoms with van der Waals surface area (Å²) in [6.45, 7) is 10.5. The number of fused-ring (bicyclic) bond motifs is 1. The van der Waals surface area contributed by atoms with Crippen molar-refractivity contribution in [2.45, 2.75) is 70.0 Å². The highest BCUT2D eigenvalue weighted by molar-refractivity contribution is 5.93. The van der Waals surface area contributed by atoms with Crippen LogP contribution in [0.2, 0.25) is 0 Å². The molecule has 4 heterocycles. The molecule has 9 heteroatoms. The van der Waals surface area contributed by atoms with Gasteiger partial charge in [0.25, 0.3) is 0 Å². The molecule has 8 rings (SSSR count). The number of benzene rings is 3. The molecule has 1 aliphatic carbocycles. The summed E-state index contributed by atoms with van der Waals surface area (Å²) < 4.78 is 17.3. The summed E-state index contributed by atoms with van der Waals surface area (Å²) in [5.74, 6) is 2.78. The zero-order chi connectivity index (χ0) is 36.5. The predicted molar refractivity (Wildman–Crippen MR) is 209 cm³/mol. The molecule has 1 atom stereocenters. The Morgan fingerprint density at radius 3 is 2.49 bits per heavy atom. The summed E-state index contributed by atoms with van der Waals surface area (Å²) in [7, 11) is 3.20. The van der Waals surface area contributed by atoms with Crippen LogP contribution in [0.5, 0.6) is 17.2 Å². The predicted octanol–water partition coefficient (Wildman–Crippen LogP) is 8.68. The largest absolute Gasteiger partial charge is 0.496 e. The van der Waals surface area contributed by atoms with E-state index in [1.807, 2.05) is 36.5 Å². The number of hydrogen-bond acceptors (Lipinski definition) is 8. The van der Waals surface area contributed by atoms with Crippen LogP contribution in [-0.2, 0) is 11.3 Å². The Morgan fingerprint density at radius 1 is 0.887 bits per heavy atom.